The van der Waals surface area contributed by atoms with E-state index in [0.29, 0.717) is 17.7 Å². The van der Waals surface area contributed by atoms with Crippen LogP contribution in [0.2, 0.25) is 0 Å². The summed E-state index contributed by atoms with van der Waals surface area (Å²) in [6, 6.07) is 6.57. The summed E-state index contributed by atoms with van der Waals surface area (Å²) < 4.78 is 30.0. The number of fused-ring (bicyclic) bond motifs is 2. The average Bonchev–Trinajstić information content (AvgIpc) is 3.07. The molecular weight excluding hydrogens is 474 g/mol. The number of carbonyl (C=O) groups is 1. The van der Waals surface area contributed by atoms with E-state index < -0.39 is 28.5 Å². The van der Waals surface area contributed by atoms with Crippen molar-refractivity contribution in [3.05, 3.63) is 63.9 Å². The van der Waals surface area contributed by atoms with E-state index in [1.54, 1.807) is 12.1 Å². The summed E-state index contributed by atoms with van der Waals surface area (Å²) in [4.78, 5) is 31.8. The van der Waals surface area contributed by atoms with Crippen LogP contribution in [0.25, 0.3) is 16.7 Å². The number of aromatic nitrogens is 2. The molecule has 2 bridgehead atoms. The Kier molecular flexibility index (Phi) is 5.62. The van der Waals surface area contributed by atoms with E-state index in [1.807, 2.05) is 13.8 Å². The minimum atomic E-state index is -0.813. The van der Waals surface area contributed by atoms with Gasteiger partial charge in [0.25, 0.3) is 5.91 Å². The van der Waals surface area contributed by atoms with E-state index in [4.69, 9.17) is 0 Å². The molecule has 0 saturated heterocycles. The third kappa shape index (κ3) is 4.20. The first-order chi connectivity index (χ1) is 17.6. The summed E-state index contributed by atoms with van der Waals surface area (Å²) in [6.45, 7) is 5.99. The summed E-state index contributed by atoms with van der Waals surface area (Å²) in [6.07, 6.45) is 6.87. The first kappa shape index (κ1) is 24.1. The van der Waals surface area contributed by atoms with Crippen LogP contribution in [0.15, 0.2) is 41.3 Å². The van der Waals surface area contributed by atoms with Gasteiger partial charge in [0, 0.05) is 23.8 Å². The van der Waals surface area contributed by atoms with E-state index in [9.17, 15) is 18.4 Å². The largest absolute Gasteiger partial charge is 0.368 e. The Bertz CT molecular complexity index is 1460. The number of hydrogen-bond donors (Lipinski definition) is 2. The van der Waals surface area contributed by atoms with Gasteiger partial charge in [0.05, 0.1) is 11.1 Å². The predicted octanol–water partition coefficient (Wildman–Crippen LogP) is 5.43. The monoisotopic (exact) mass is 506 g/mol. The molecule has 4 unspecified atom stereocenters. The van der Waals surface area contributed by atoms with Gasteiger partial charge in [-0.1, -0.05) is 0 Å². The second kappa shape index (κ2) is 8.64. The molecular formula is C29H32F2N4O2. The van der Waals surface area contributed by atoms with Crippen molar-refractivity contribution in [2.45, 2.75) is 64.5 Å². The Morgan fingerprint density at radius 2 is 1.92 bits per heavy atom. The fraction of sp³-hybridized carbons (Fsp3) is 0.483. The van der Waals surface area contributed by atoms with Crippen molar-refractivity contribution >= 4 is 22.8 Å². The van der Waals surface area contributed by atoms with Crippen molar-refractivity contribution in [2.24, 2.45) is 23.7 Å². The highest BCUT2D eigenvalue weighted by atomic mass is 19.1. The maximum atomic E-state index is 14.9. The number of hydrogen-bond acceptors (Lipinski definition) is 4. The third-order valence-electron chi connectivity index (χ3n) is 8.63. The lowest BCUT2D eigenvalue weighted by molar-refractivity contribution is 0.0570. The zero-order valence-electron chi connectivity index (χ0n) is 21.4. The molecule has 2 N–H and O–H groups in total. The predicted molar refractivity (Wildman–Crippen MR) is 139 cm³/mol. The number of carbonyl (C=O) groups excluding carboxylic acids is 1. The van der Waals surface area contributed by atoms with Crippen LogP contribution in [0.4, 0.5) is 14.6 Å². The van der Waals surface area contributed by atoms with Crippen LogP contribution in [0.3, 0.4) is 0 Å². The van der Waals surface area contributed by atoms with E-state index >= 15 is 0 Å². The van der Waals surface area contributed by atoms with Crippen LogP contribution in [-0.4, -0.2) is 27.0 Å². The molecule has 2 aromatic heterocycles. The number of nitrogens with zero attached hydrogens (tertiary/aromatic N) is 2. The maximum Gasteiger partial charge on any atom is 0.257 e. The molecule has 3 fully saturated rings. The van der Waals surface area contributed by atoms with Gasteiger partial charge < -0.3 is 10.6 Å². The van der Waals surface area contributed by atoms with Gasteiger partial charge in [0.15, 0.2) is 5.65 Å². The van der Waals surface area contributed by atoms with Crippen molar-refractivity contribution in [2.75, 3.05) is 5.32 Å². The average molecular weight is 507 g/mol. The Morgan fingerprint density at radius 1 is 1.11 bits per heavy atom. The highest BCUT2D eigenvalue weighted by Crippen LogP contribution is 2.60. The van der Waals surface area contributed by atoms with Gasteiger partial charge in [-0.2, -0.15) is 0 Å². The molecule has 37 heavy (non-hydrogen) atoms. The smallest absolute Gasteiger partial charge is 0.257 e. The fourth-order valence-corrected chi connectivity index (χ4v) is 7.24. The molecule has 0 aliphatic heterocycles. The normalized spacial score (nSPS) is 28.2. The van der Waals surface area contributed by atoms with E-state index in [1.165, 1.54) is 36.1 Å². The molecule has 1 amide bonds. The standard InChI is InChI=1S/C29H32F2N4O2/c1-15(2)32-25-7-5-20-26(36)22(14-35(27(20)33-25)24-6-4-19(30)11-23(24)31)28(37)34-29(3)12-16-8-17-10-18(13-29)21(17)9-16/h4-7,11,14-18,21H,8-10,12-13H2,1-3H3,(H,32,33)(H,34,37)/t16?,17?,18?,21-,29?/m0/s1. The quantitative estimate of drug-likeness (QED) is 0.484. The first-order valence-electron chi connectivity index (χ1n) is 13.2. The minimum absolute atomic E-state index is 0.00754. The van der Waals surface area contributed by atoms with Crippen LogP contribution in [0.5, 0.6) is 0 Å². The Labute approximate surface area is 214 Å². The maximum absolute atomic E-state index is 14.9. The molecule has 0 radical (unpaired) electrons. The van der Waals surface area contributed by atoms with E-state index in [0.717, 1.165) is 36.8 Å². The zero-order chi connectivity index (χ0) is 26.1. The second-order valence-corrected chi connectivity index (χ2v) is 11.9. The summed E-state index contributed by atoms with van der Waals surface area (Å²) in [5.74, 6) is 1.38. The number of anilines is 1. The van der Waals surface area contributed by atoms with Crippen molar-refractivity contribution in [1.82, 2.24) is 14.9 Å². The number of rotatable bonds is 5. The van der Waals surface area contributed by atoms with Crippen molar-refractivity contribution in [3.63, 3.8) is 0 Å². The molecule has 3 aliphatic carbocycles. The van der Waals surface area contributed by atoms with Gasteiger partial charge in [-0.25, -0.2) is 13.8 Å². The van der Waals surface area contributed by atoms with Gasteiger partial charge in [-0.05, 0) is 101 Å². The minimum Gasteiger partial charge on any atom is -0.368 e. The van der Waals surface area contributed by atoms with Gasteiger partial charge in [0.1, 0.15) is 23.0 Å². The number of pyridine rings is 2. The Morgan fingerprint density at radius 3 is 2.68 bits per heavy atom. The van der Waals surface area contributed by atoms with Gasteiger partial charge in [-0.15, -0.1) is 0 Å². The Balaban J connectivity index is 1.43. The number of benzene rings is 1. The SMILES string of the molecule is CC(C)Nc1ccc2c(=O)c(C(=O)NC3(C)CC4CC5CC(C3)[C@H]5C4)cn(-c3ccc(F)cc3F)c2n1. The number of nitrogens with one attached hydrogen (secondary N) is 2. The molecule has 6 nitrogen and oxygen atoms in total. The highest BCUT2D eigenvalue weighted by molar-refractivity contribution is 5.97. The lowest BCUT2D eigenvalue weighted by Gasteiger charge is -2.46. The van der Waals surface area contributed by atoms with Gasteiger partial charge >= 0.3 is 0 Å². The number of amides is 1. The zero-order valence-corrected chi connectivity index (χ0v) is 21.4. The molecule has 194 valence electrons. The van der Waals surface area contributed by atoms with Crippen molar-refractivity contribution in [1.29, 1.82) is 0 Å². The van der Waals surface area contributed by atoms with Crippen LogP contribution in [0.1, 0.15) is 63.2 Å². The fourth-order valence-electron chi connectivity index (χ4n) is 7.24. The summed E-state index contributed by atoms with van der Waals surface area (Å²) in [7, 11) is 0. The molecule has 2 heterocycles. The molecule has 8 heteroatoms. The van der Waals surface area contributed by atoms with Crippen LogP contribution in [0, 0.1) is 35.3 Å². The topological polar surface area (TPSA) is 76.0 Å². The summed E-state index contributed by atoms with van der Waals surface area (Å²) in [5, 5.41) is 6.57. The van der Waals surface area contributed by atoms with E-state index in [-0.39, 0.29) is 28.3 Å². The molecule has 3 saturated carbocycles. The lowest BCUT2D eigenvalue weighted by atomic mass is 9.62. The van der Waals surface area contributed by atoms with Crippen LogP contribution < -0.4 is 16.1 Å². The third-order valence-corrected chi connectivity index (χ3v) is 8.63. The highest BCUT2D eigenvalue weighted by Gasteiger charge is 2.53. The van der Waals surface area contributed by atoms with Crippen molar-refractivity contribution < 1.29 is 13.6 Å². The van der Waals surface area contributed by atoms with Gasteiger partial charge in [0.2, 0.25) is 5.43 Å². The Hall–Kier alpha value is -3.29. The molecule has 3 aliphatic rings. The molecule has 5 atom stereocenters. The van der Waals surface area contributed by atoms with Gasteiger partial charge in [-0.3, -0.25) is 14.2 Å². The van der Waals surface area contributed by atoms with Crippen LogP contribution >= 0.6 is 0 Å². The molecule has 6 rings (SSSR count). The number of halogens is 2. The summed E-state index contributed by atoms with van der Waals surface area (Å²) >= 11 is 0. The van der Waals surface area contributed by atoms with Crippen LogP contribution in [-0.2, 0) is 0 Å². The first-order valence-corrected chi connectivity index (χ1v) is 13.2. The summed E-state index contributed by atoms with van der Waals surface area (Å²) in [5.41, 5.74) is -0.741. The van der Waals surface area contributed by atoms with Crippen molar-refractivity contribution in [3.8, 4) is 5.69 Å². The lowest BCUT2D eigenvalue weighted by Crippen LogP contribution is -2.51. The van der Waals surface area contributed by atoms with E-state index in [2.05, 4.69) is 22.5 Å². The molecule has 3 aromatic rings. The second-order valence-electron chi connectivity index (χ2n) is 11.9. The molecule has 0 spiro atoms. The molecule has 1 aromatic carbocycles.